The fourth-order valence-electron chi connectivity index (χ4n) is 1.93. The van der Waals surface area contributed by atoms with Gasteiger partial charge in [-0.25, -0.2) is 14.5 Å². The molecule has 24 heavy (non-hydrogen) atoms. The molecular weight excluding hydrogens is 330 g/mol. The number of nitrogens with zero attached hydrogens (tertiary/aromatic N) is 3. The van der Waals surface area contributed by atoms with E-state index in [1.807, 2.05) is 12.1 Å². The van der Waals surface area contributed by atoms with Gasteiger partial charge < -0.3 is 9.84 Å². The summed E-state index contributed by atoms with van der Waals surface area (Å²) in [6.45, 7) is 0. The van der Waals surface area contributed by atoms with E-state index in [0.29, 0.717) is 22.3 Å². The lowest BCUT2D eigenvalue weighted by molar-refractivity contribution is -0.131. The first-order valence-electron chi connectivity index (χ1n) is 6.96. The topological polar surface area (TPSA) is 77.2 Å². The first-order valence-corrected chi connectivity index (χ1v) is 7.34. The molecular formula is C17H12ClN3O3. The van der Waals surface area contributed by atoms with E-state index in [9.17, 15) is 4.79 Å². The molecule has 1 aromatic heterocycles. The van der Waals surface area contributed by atoms with Gasteiger partial charge in [-0.3, -0.25) is 0 Å². The van der Waals surface area contributed by atoms with Crippen molar-refractivity contribution in [2.75, 3.05) is 0 Å². The predicted octanol–water partition coefficient (Wildman–Crippen LogP) is 3.95. The minimum Gasteiger partial charge on any atom is -0.478 e. The molecule has 0 radical (unpaired) electrons. The van der Waals surface area contributed by atoms with Crippen molar-refractivity contribution in [3.8, 4) is 22.9 Å². The summed E-state index contributed by atoms with van der Waals surface area (Å²) < 4.78 is 7.05. The van der Waals surface area contributed by atoms with Crippen LogP contribution in [0.5, 0.6) is 11.5 Å². The molecule has 0 aliphatic heterocycles. The highest BCUT2D eigenvalue weighted by molar-refractivity contribution is 6.30. The molecule has 2 aromatic carbocycles. The average Bonchev–Trinajstić information content (AvgIpc) is 3.05. The van der Waals surface area contributed by atoms with Crippen LogP contribution in [0.25, 0.3) is 17.6 Å². The Balaban J connectivity index is 1.72. The fourth-order valence-corrected chi connectivity index (χ4v) is 2.06. The molecule has 0 aliphatic carbocycles. The molecule has 0 spiro atoms. The van der Waals surface area contributed by atoms with Gasteiger partial charge in [0.2, 0.25) is 0 Å². The summed E-state index contributed by atoms with van der Waals surface area (Å²) in [6, 6.07) is 14.3. The smallest absolute Gasteiger partial charge is 0.329 e. The molecule has 0 unspecified atom stereocenters. The molecule has 6 nitrogen and oxygen atoms in total. The third-order valence-electron chi connectivity index (χ3n) is 3.04. The highest BCUT2D eigenvalue weighted by atomic mass is 35.5. The second-order valence-corrected chi connectivity index (χ2v) is 5.22. The summed E-state index contributed by atoms with van der Waals surface area (Å²) in [5.74, 6) is 0.804. The molecule has 3 aromatic rings. The Bertz CT molecular complexity index is 871. The van der Waals surface area contributed by atoms with E-state index in [2.05, 4.69) is 10.1 Å². The van der Waals surface area contributed by atoms with E-state index in [1.54, 1.807) is 36.4 Å². The van der Waals surface area contributed by atoms with Gasteiger partial charge in [0.15, 0.2) is 5.82 Å². The lowest BCUT2D eigenvalue weighted by atomic mass is 10.2. The summed E-state index contributed by atoms with van der Waals surface area (Å²) in [5.41, 5.74) is 0.793. The number of carboxylic acids is 1. The fraction of sp³-hybridized carbons (Fsp3) is 0. The zero-order chi connectivity index (χ0) is 16.9. The van der Waals surface area contributed by atoms with Crippen molar-refractivity contribution in [3.63, 3.8) is 0 Å². The summed E-state index contributed by atoms with van der Waals surface area (Å²) in [5, 5.41) is 13.4. The Morgan fingerprint density at radius 1 is 1.08 bits per heavy atom. The largest absolute Gasteiger partial charge is 0.478 e. The van der Waals surface area contributed by atoms with Crippen LogP contribution in [0, 0.1) is 0 Å². The highest BCUT2D eigenvalue weighted by Crippen LogP contribution is 2.25. The minimum absolute atomic E-state index is 0.489. The maximum atomic E-state index is 10.5. The summed E-state index contributed by atoms with van der Waals surface area (Å²) >= 11 is 5.84. The Morgan fingerprint density at radius 2 is 1.71 bits per heavy atom. The van der Waals surface area contributed by atoms with E-state index in [4.69, 9.17) is 21.4 Å². The molecule has 120 valence electrons. The predicted molar refractivity (Wildman–Crippen MR) is 89.9 cm³/mol. The van der Waals surface area contributed by atoms with Crippen molar-refractivity contribution in [1.29, 1.82) is 0 Å². The molecule has 0 atom stereocenters. The first-order chi connectivity index (χ1) is 11.6. The molecule has 7 heteroatoms. The van der Waals surface area contributed by atoms with Gasteiger partial charge in [0.1, 0.15) is 17.8 Å². The molecule has 0 saturated heterocycles. The lowest BCUT2D eigenvalue weighted by Crippen LogP contribution is -1.92. The molecule has 1 N–H and O–H groups in total. The molecule has 0 bridgehead atoms. The first kappa shape index (κ1) is 15.8. The van der Waals surface area contributed by atoms with Gasteiger partial charge in [-0.15, -0.1) is 5.10 Å². The number of hydrogen-bond acceptors (Lipinski definition) is 4. The van der Waals surface area contributed by atoms with Crippen LogP contribution in [-0.2, 0) is 4.79 Å². The molecule has 3 rings (SSSR count). The normalized spacial score (nSPS) is 10.9. The number of aromatic nitrogens is 3. The van der Waals surface area contributed by atoms with Crippen molar-refractivity contribution in [3.05, 3.63) is 66.0 Å². The Labute approximate surface area is 142 Å². The van der Waals surface area contributed by atoms with Gasteiger partial charge in [-0.1, -0.05) is 11.6 Å². The zero-order valence-corrected chi connectivity index (χ0v) is 13.1. The number of hydrogen-bond donors (Lipinski definition) is 1. The minimum atomic E-state index is -1.05. The Kier molecular flexibility index (Phi) is 4.58. The van der Waals surface area contributed by atoms with Crippen LogP contribution in [0.15, 0.2) is 60.9 Å². The maximum Gasteiger partial charge on any atom is 0.329 e. The SMILES string of the molecule is O=C(O)C=Cn1cnc(-c2ccc(Oc3ccc(Cl)cc3)cc2)n1. The van der Waals surface area contributed by atoms with E-state index < -0.39 is 5.97 Å². The molecule has 1 heterocycles. The van der Waals surface area contributed by atoms with Crippen LogP contribution >= 0.6 is 11.6 Å². The number of benzene rings is 2. The Hall–Kier alpha value is -3.12. The number of carboxylic acid groups (broad SMARTS) is 1. The van der Waals surface area contributed by atoms with Crippen LogP contribution in [0.3, 0.4) is 0 Å². The van der Waals surface area contributed by atoms with Crippen molar-refractivity contribution < 1.29 is 14.6 Å². The summed E-state index contributed by atoms with van der Waals surface area (Å²) in [7, 11) is 0. The van der Waals surface area contributed by atoms with Gasteiger partial charge in [0.25, 0.3) is 0 Å². The van der Waals surface area contributed by atoms with Crippen LogP contribution in [-0.4, -0.2) is 25.8 Å². The quantitative estimate of drug-likeness (QED) is 0.711. The van der Waals surface area contributed by atoms with Gasteiger partial charge in [-0.2, -0.15) is 0 Å². The molecule has 0 aliphatic rings. The molecule has 0 amide bonds. The van der Waals surface area contributed by atoms with Crippen LogP contribution < -0.4 is 4.74 Å². The number of aliphatic carboxylic acids is 1. The standard InChI is InChI=1S/C17H12ClN3O3/c18-13-3-7-15(8-4-13)24-14-5-1-12(2-6-14)17-19-11-21(20-17)10-9-16(22)23/h1-11H,(H,22,23). The number of rotatable bonds is 5. The third-order valence-corrected chi connectivity index (χ3v) is 3.29. The number of ether oxygens (including phenoxy) is 1. The van der Waals surface area contributed by atoms with E-state index in [0.717, 1.165) is 11.6 Å². The lowest BCUT2D eigenvalue weighted by Gasteiger charge is -2.06. The summed E-state index contributed by atoms with van der Waals surface area (Å²) in [6.07, 6.45) is 3.74. The van der Waals surface area contributed by atoms with Gasteiger partial charge in [0.05, 0.1) is 0 Å². The van der Waals surface area contributed by atoms with Gasteiger partial charge in [0, 0.05) is 22.9 Å². The number of carbonyl (C=O) groups is 1. The molecule has 0 fully saturated rings. The second kappa shape index (κ2) is 6.97. The third kappa shape index (κ3) is 3.99. The van der Waals surface area contributed by atoms with Gasteiger partial charge in [-0.05, 0) is 48.5 Å². The van der Waals surface area contributed by atoms with Crippen LogP contribution in [0.4, 0.5) is 0 Å². The van der Waals surface area contributed by atoms with Crippen molar-refractivity contribution in [2.24, 2.45) is 0 Å². The van der Waals surface area contributed by atoms with E-state index in [1.165, 1.54) is 17.2 Å². The van der Waals surface area contributed by atoms with Crippen LogP contribution in [0.1, 0.15) is 0 Å². The van der Waals surface area contributed by atoms with E-state index in [-0.39, 0.29) is 0 Å². The van der Waals surface area contributed by atoms with Crippen molar-refractivity contribution in [1.82, 2.24) is 14.8 Å². The Morgan fingerprint density at radius 3 is 2.33 bits per heavy atom. The maximum absolute atomic E-state index is 10.5. The monoisotopic (exact) mass is 341 g/mol. The van der Waals surface area contributed by atoms with Crippen molar-refractivity contribution >= 4 is 23.8 Å². The summed E-state index contributed by atoms with van der Waals surface area (Å²) in [4.78, 5) is 14.6. The number of halogens is 1. The second-order valence-electron chi connectivity index (χ2n) is 4.78. The average molecular weight is 342 g/mol. The highest BCUT2D eigenvalue weighted by Gasteiger charge is 2.04. The van der Waals surface area contributed by atoms with Crippen molar-refractivity contribution in [2.45, 2.75) is 0 Å². The molecule has 0 saturated carbocycles. The van der Waals surface area contributed by atoms with Gasteiger partial charge >= 0.3 is 5.97 Å². The van der Waals surface area contributed by atoms with E-state index >= 15 is 0 Å². The zero-order valence-electron chi connectivity index (χ0n) is 12.3. The van der Waals surface area contributed by atoms with Crippen LogP contribution in [0.2, 0.25) is 5.02 Å².